The molecule has 1 saturated heterocycles. The average Bonchev–Trinajstić information content (AvgIpc) is 2.50. The van der Waals surface area contributed by atoms with E-state index in [0.29, 0.717) is 0 Å². The van der Waals surface area contributed by atoms with Gasteiger partial charge in [0.15, 0.2) is 6.29 Å². The van der Waals surface area contributed by atoms with Crippen LogP contribution in [-0.4, -0.2) is 25.4 Å². The third-order valence-electron chi connectivity index (χ3n) is 1.76. The zero-order chi connectivity index (χ0) is 7.94. The molecule has 1 rings (SSSR count). The van der Waals surface area contributed by atoms with Crippen LogP contribution in [-0.2, 0) is 9.47 Å². The van der Waals surface area contributed by atoms with Gasteiger partial charge in [-0.2, -0.15) is 0 Å². The first-order valence-electron chi connectivity index (χ1n) is 4.22. The molecule has 0 unspecified atom stereocenters. The highest BCUT2D eigenvalue weighted by molar-refractivity contribution is 6.17. The van der Waals surface area contributed by atoms with Crippen molar-refractivity contribution in [3.8, 4) is 0 Å². The van der Waals surface area contributed by atoms with Crippen LogP contribution >= 0.6 is 11.6 Å². The van der Waals surface area contributed by atoms with Crippen LogP contribution in [0.25, 0.3) is 0 Å². The van der Waals surface area contributed by atoms with Crippen molar-refractivity contribution in [3.63, 3.8) is 0 Å². The van der Waals surface area contributed by atoms with E-state index in [9.17, 15) is 0 Å². The minimum absolute atomic E-state index is 0.0744. The molecule has 1 fully saturated rings. The second-order valence-corrected chi connectivity index (χ2v) is 3.09. The molecule has 66 valence electrons. The van der Waals surface area contributed by atoms with Gasteiger partial charge in [-0.1, -0.05) is 6.42 Å². The summed E-state index contributed by atoms with van der Waals surface area (Å²) in [5.74, 6) is 0.770. The van der Waals surface area contributed by atoms with Crippen LogP contribution < -0.4 is 0 Å². The van der Waals surface area contributed by atoms with Gasteiger partial charge in [-0.15, -0.1) is 11.6 Å². The smallest absolute Gasteiger partial charge is 0.157 e. The summed E-state index contributed by atoms with van der Waals surface area (Å²) in [6.07, 6.45) is 4.56. The summed E-state index contributed by atoms with van der Waals surface area (Å²) in [6.45, 7) is 1.53. The van der Waals surface area contributed by atoms with Gasteiger partial charge in [0.25, 0.3) is 0 Å². The van der Waals surface area contributed by atoms with Crippen molar-refractivity contribution in [2.24, 2.45) is 0 Å². The highest BCUT2D eigenvalue weighted by Gasteiger charge is 2.14. The van der Waals surface area contributed by atoms with Gasteiger partial charge in [-0.05, 0) is 19.3 Å². The monoisotopic (exact) mass is 178 g/mol. The quantitative estimate of drug-likeness (QED) is 0.475. The van der Waals surface area contributed by atoms with Gasteiger partial charge in [0.1, 0.15) is 0 Å². The zero-order valence-electron chi connectivity index (χ0n) is 6.72. The molecule has 0 atom stereocenters. The molecule has 0 aliphatic carbocycles. The normalized spacial score (nSPS) is 19.4. The van der Waals surface area contributed by atoms with Crippen molar-refractivity contribution in [2.75, 3.05) is 19.1 Å². The highest BCUT2D eigenvalue weighted by Crippen LogP contribution is 2.12. The lowest BCUT2D eigenvalue weighted by Crippen LogP contribution is -2.06. The van der Waals surface area contributed by atoms with Crippen molar-refractivity contribution >= 4 is 11.6 Å². The summed E-state index contributed by atoms with van der Waals surface area (Å²) in [4.78, 5) is 0. The Hall–Kier alpha value is 0.210. The average molecular weight is 179 g/mol. The molecule has 11 heavy (non-hydrogen) atoms. The Kier molecular flexibility index (Phi) is 4.91. The van der Waals surface area contributed by atoms with E-state index in [0.717, 1.165) is 38.4 Å². The fourth-order valence-corrected chi connectivity index (χ4v) is 1.35. The molecule has 3 heteroatoms. The maximum atomic E-state index is 5.53. The van der Waals surface area contributed by atoms with Gasteiger partial charge in [-0.3, -0.25) is 0 Å². The van der Waals surface area contributed by atoms with Crippen LogP contribution in [0.1, 0.15) is 25.7 Å². The summed E-state index contributed by atoms with van der Waals surface area (Å²) in [5.41, 5.74) is 0. The molecule has 0 saturated carbocycles. The van der Waals surface area contributed by atoms with Crippen LogP contribution in [0, 0.1) is 0 Å². The summed E-state index contributed by atoms with van der Waals surface area (Å²) in [5, 5.41) is 0. The van der Waals surface area contributed by atoms with E-state index >= 15 is 0 Å². The fourth-order valence-electron chi connectivity index (χ4n) is 1.16. The van der Waals surface area contributed by atoms with E-state index in [1.807, 2.05) is 0 Å². The number of unbranched alkanes of at least 4 members (excludes halogenated alkanes) is 2. The van der Waals surface area contributed by atoms with Crippen molar-refractivity contribution in [1.29, 1.82) is 0 Å². The van der Waals surface area contributed by atoms with E-state index < -0.39 is 0 Å². The van der Waals surface area contributed by atoms with Crippen molar-refractivity contribution in [2.45, 2.75) is 32.0 Å². The summed E-state index contributed by atoms with van der Waals surface area (Å²) in [6, 6.07) is 0. The van der Waals surface area contributed by atoms with Crippen molar-refractivity contribution < 1.29 is 9.47 Å². The molecule has 1 aliphatic heterocycles. The Balaban J connectivity index is 1.86. The number of alkyl halides is 1. The third-order valence-corrected chi connectivity index (χ3v) is 2.03. The first kappa shape index (κ1) is 9.30. The van der Waals surface area contributed by atoms with Gasteiger partial charge in [0.2, 0.25) is 0 Å². The minimum atomic E-state index is 0.0744. The molecule has 1 heterocycles. The first-order chi connectivity index (χ1) is 5.43. The predicted molar refractivity (Wildman–Crippen MR) is 44.9 cm³/mol. The van der Waals surface area contributed by atoms with Crippen LogP contribution in [0.3, 0.4) is 0 Å². The Morgan fingerprint density at radius 2 is 1.82 bits per heavy atom. The number of ether oxygens (including phenoxy) is 2. The van der Waals surface area contributed by atoms with Crippen LogP contribution in [0.5, 0.6) is 0 Å². The molecule has 0 aromatic heterocycles. The fraction of sp³-hybridized carbons (Fsp3) is 1.00. The Morgan fingerprint density at radius 3 is 2.45 bits per heavy atom. The van der Waals surface area contributed by atoms with E-state index in [4.69, 9.17) is 21.1 Å². The van der Waals surface area contributed by atoms with Crippen LogP contribution in [0.4, 0.5) is 0 Å². The summed E-state index contributed by atoms with van der Waals surface area (Å²) >= 11 is 5.53. The lowest BCUT2D eigenvalue weighted by atomic mass is 10.2. The van der Waals surface area contributed by atoms with Gasteiger partial charge in [0.05, 0.1) is 13.2 Å². The second-order valence-electron chi connectivity index (χ2n) is 2.71. The van der Waals surface area contributed by atoms with Gasteiger partial charge < -0.3 is 9.47 Å². The SMILES string of the molecule is ClCCCCCC1OCCO1. The summed E-state index contributed by atoms with van der Waals surface area (Å²) in [7, 11) is 0. The Morgan fingerprint density at radius 1 is 1.09 bits per heavy atom. The van der Waals surface area contributed by atoms with Crippen molar-refractivity contribution in [3.05, 3.63) is 0 Å². The molecule has 0 radical (unpaired) electrons. The largest absolute Gasteiger partial charge is 0.350 e. The number of rotatable bonds is 5. The summed E-state index contributed by atoms with van der Waals surface area (Å²) < 4.78 is 10.6. The maximum absolute atomic E-state index is 5.53. The van der Waals surface area contributed by atoms with E-state index in [1.54, 1.807) is 0 Å². The Bertz CT molecular complexity index is 92.1. The highest BCUT2D eigenvalue weighted by atomic mass is 35.5. The molecule has 0 amide bonds. The van der Waals surface area contributed by atoms with Gasteiger partial charge >= 0.3 is 0 Å². The number of hydrogen-bond donors (Lipinski definition) is 0. The molecule has 0 aromatic rings. The molecular weight excluding hydrogens is 164 g/mol. The molecule has 0 bridgehead atoms. The predicted octanol–water partition coefficient (Wildman–Crippen LogP) is 2.16. The second kappa shape index (κ2) is 5.81. The van der Waals surface area contributed by atoms with Crippen molar-refractivity contribution in [1.82, 2.24) is 0 Å². The topological polar surface area (TPSA) is 18.5 Å². The molecule has 0 N–H and O–H groups in total. The molecule has 2 nitrogen and oxygen atoms in total. The van der Waals surface area contributed by atoms with Gasteiger partial charge in [0, 0.05) is 5.88 Å². The molecule has 1 aliphatic rings. The zero-order valence-corrected chi connectivity index (χ0v) is 7.48. The molecule has 0 aromatic carbocycles. The number of hydrogen-bond acceptors (Lipinski definition) is 2. The Labute approximate surface area is 72.8 Å². The van der Waals surface area contributed by atoms with E-state index in [1.165, 1.54) is 6.42 Å². The molecule has 0 spiro atoms. The van der Waals surface area contributed by atoms with E-state index in [2.05, 4.69) is 0 Å². The standard InChI is InChI=1S/C8H15ClO2/c9-5-3-1-2-4-8-10-6-7-11-8/h8H,1-7H2. The molecular formula is C8H15ClO2. The van der Waals surface area contributed by atoms with Crippen LogP contribution in [0.15, 0.2) is 0 Å². The lowest BCUT2D eigenvalue weighted by Gasteiger charge is -2.07. The van der Waals surface area contributed by atoms with Gasteiger partial charge in [-0.25, -0.2) is 0 Å². The maximum Gasteiger partial charge on any atom is 0.157 e. The number of halogens is 1. The van der Waals surface area contributed by atoms with Crippen LogP contribution in [0.2, 0.25) is 0 Å². The lowest BCUT2D eigenvalue weighted by molar-refractivity contribution is -0.0479. The first-order valence-corrected chi connectivity index (χ1v) is 4.76. The minimum Gasteiger partial charge on any atom is -0.350 e. The van der Waals surface area contributed by atoms with E-state index in [-0.39, 0.29) is 6.29 Å². The third kappa shape index (κ3) is 3.94.